The van der Waals surface area contributed by atoms with E-state index in [1.807, 2.05) is 20.8 Å². The summed E-state index contributed by atoms with van der Waals surface area (Å²) >= 11 is 0. The Morgan fingerprint density at radius 2 is 2.07 bits per heavy atom. The highest BCUT2D eigenvalue weighted by Gasteiger charge is 2.34. The fourth-order valence-corrected chi connectivity index (χ4v) is 3.21. The van der Waals surface area contributed by atoms with Crippen LogP contribution in [-0.4, -0.2) is 49.6 Å². The Morgan fingerprint density at radius 3 is 2.63 bits per heavy atom. The number of nitrogens with zero attached hydrogens (tertiary/aromatic N) is 2. The summed E-state index contributed by atoms with van der Waals surface area (Å²) in [5, 5.41) is 6.29. The highest BCUT2D eigenvalue weighted by atomic mass is 127. The lowest BCUT2D eigenvalue weighted by molar-refractivity contribution is -0.138. The minimum Gasteiger partial charge on any atom is -0.497 e. The minimum absolute atomic E-state index is 0. The number of nitrogens with one attached hydrogen (secondary N) is 2. The predicted molar refractivity (Wildman–Crippen MR) is 121 cm³/mol. The molecular formula is C20H30F3IN4O2. The first-order chi connectivity index (χ1) is 13.7. The number of carbonyl (C=O) groups is 1. The van der Waals surface area contributed by atoms with Crippen LogP contribution in [0.2, 0.25) is 0 Å². The van der Waals surface area contributed by atoms with E-state index in [0.29, 0.717) is 25.6 Å². The van der Waals surface area contributed by atoms with Gasteiger partial charge in [0.15, 0.2) is 5.96 Å². The molecule has 1 unspecified atom stereocenters. The molecule has 6 nitrogen and oxygen atoms in total. The number of guanidine groups is 1. The third-order valence-electron chi connectivity index (χ3n) is 4.71. The van der Waals surface area contributed by atoms with Crippen LogP contribution < -0.4 is 15.4 Å². The van der Waals surface area contributed by atoms with Crippen molar-refractivity contribution in [2.75, 3.05) is 26.7 Å². The Balaban J connectivity index is 0.00000450. The third-order valence-corrected chi connectivity index (χ3v) is 4.71. The molecule has 1 aliphatic rings. The van der Waals surface area contributed by atoms with E-state index < -0.39 is 11.7 Å². The second-order valence-corrected chi connectivity index (χ2v) is 7.28. The summed E-state index contributed by atoms with van der Waals surface area (Å²) < 4.78 is 45.0. The van der Waals surface area contributed by atoms with Crippen LogP contribution in [0.15, 0.2) is 23.2 Å². The fourth-order valence-electron chi connectivity index (χ4n) is 3.21. The van der Waals surface area contributed by atoms with Crippen molar-refractivity contribution in [2.45, 2.75) is 46.0 Å². The van der Waals surface area contributed by atoms with Gasteiger partial charge < -0.3 is 20.3 Å². The molecule has 30 heavy (non-hydrogen) atoms. The number of amides is 1. The second-order valence-electron chi connectivity index (χ2n) is 7.28. The fraction of sp³-hybridized carbons (Fsp3) is 0.600. The third kappa shape index (κ3) is 7.21. The zero-order valence-corrected chi connectivity index (χ0v) is 20.0. The molecule has 1 aliphatic heterocycles. The maximum atomic E-state index is 13.4. The summed E-state index contributed by atoms with van der Waals surface area (Å²) in [6, 6.07) is 3.87. The summed E-state index contributed by atoms with van der Waals surface area (Å²) in [7, 11) is 1.33. The second kappa shape index (κ2) is 11.6. The van der Waals surface area contributed by atoms with E-state index in [0.717, 1.165) is 12.5 Å². The predicted octanol–water partition coefficient (Wildman–Crippen LogP) is 3.64. The van der Waals surface area contributed by atoms with E-state index in [1.54, 1.807) is 4.90 Å². The Hall–Kier alpha value is -1.72. The molecule has 2 N–H and O–H groups in total. The van der Waals surface area contributed by atoms with Crippen LogP contribution in [0.1, 0.15) is 38.3 Å². The van der Waals surface area contributed by atoms with Crippen LogP contribution in [0.5, 0.6) is 5.75 Å². The molecule has 1 aromatic carbocycles. The van der Waals surface area contributed by atoms with E-state index in [4.69, 9.17) is 4.74 Å². The van der Waals surface area contributed by atoms with E-state index >= 15 is 0 Å². The normalized spacial score (nSPS) is 17.0. The van der Waals surface area contributed by atoms with E-state index in [1.165, 1.54) is 19.2 Å². The number of likely N-dealkylation sites (tertiary alicyclic amines) is 1. The van der Waals surface area contributed by atoms with Gasteiger partial charge in [-0.2, -0.15) is 13.2 Å². The van der Waals surface area contributed by atoms with Crippen molar-refractivity contribution in [2.24, 2.45) is 10.9 Å². The lowest BCUT2D eigenvalue weighted by Crippen LogP contribution is -2.45. The number of halogens is 4. The van der Waals surface area contributed by atoms with Gasteiger partial charge in [-0.25, -0.2) is 4.99 Å². The van der Waals surface area contributed by atoms with Gasteiger partial charge in [0.2, 0.25) is 5.91 Å². The van der Waals surface area contributed by atoms with Gasteiger partial charge >= 0.3 is 6.18 Å². The van der Waals surface area contributed by atoms with Crippen molar-refractivity contribution >= 4 is 35.8 Å². The molecule has 1 fully saturated rings. The number of alkyl halides is 3. The molecule has 170 valence electrons. The number of methoxy groups -OCH3 is 1. The van der Waals surface area contributed by atoms with Gasteiger partial charge in [-0.1, -0.05) is 19.9 Å². The Labute approximate surface area is 192 Å². The Bertz CT molecular complexity index is 741. The summed E-state index contributed by atoms with van der Waals surface area (Å²) in [6.45, 7) is 7.26. The van der Waals surface area contributed by atoms with Crippen molar-refractivity contribution < 1.29 is 22.7 Å². The van der Waals surface area contributed by atoms with Gasteiger partial charge in [0.25, 0.3) is 0 Å². The molecule has 1 heterocycles. The van der Waals surface area contributed by atoms with Crippen molar-refractivity contribution in [1.29, 1.82) is 0 Å². The zero-order chi connectivity index (χ0) is 21.6. The summed E-state index contributed by atoms with van der Waals surface area (Å²) in [5.41, 5.74) is -0.690. The van der Waals surface area contributed by atoms with Crippen molar-refractivity contribution in [3.05, 3.63) is 29.3 Å². The van der Waals surface area contributed by atoms with Gasteiger partial charge in [-0.05, 0) is 31.0 Å². The molecule has 0 aliphatic carbocycles. The molecule has 1 atom stereocenters. The Kier molecular flexibility index (Phi) is 10.2. The SMILES string of the molecule is CCNC(=NCc1ccc(OC)cc1C(F)(F)F)NC1CCN(C(=O)C(C)C)C1.I. The number of aliphatic imine (C=N–C) groups is 1. The number of hydrogen-bond acceptors (Lipinski definition) is 3. The quantitative estimate of drug-likeness (QED) is 0.328. The standard InChI is InChI=1S/C20H29F3N4O2.HI/c1-5-24-19(26-15-8-9-27(12-15)18(28)13(2)3)25-11-14-6-7-16(29-4)10-17(14)20(21,22)23;/h6-7,10,13,15H,5,8-9,11-12H2,1-4H3,(H2,24,25,26);1H. The van der Waals surface area contributed by atoms with Gasteiger partial charge in [0.05, 0.1) is 19.2 Å². The van der Waals surface area contributed by atoms with Crippen molar-refractivity contribution in [3.63, 3.8) is 0 Å². The molecule has 1 saturated heterocycles. The molecule has 2 rings (SSSR count). The molecule has 0 bridgehead atoms. The highest BCUT2D eigenvalue weighted by molar-refractivity contribution is 14.0. The van der Waals surface area contributed by atoms with Crippen LogP contribution in [-0.2, 0) is 17.5 Å². The molecule has 0 aromatic heterocycles. The number of carbonyl (C=O) groups excluding carboxylic acids is 1. The van der Waals surface area contributed by atoms with Crippen LogP contribution in [0.3, 0.4) is 0 Å². The lowest BCUT2D eigenvalue weighted by atomic mass is 10.1. The van der Waals surface area contributed by atoms with Crippen LogP contribution in [0.25, 0.3) is 0 Å². The van der Waals surface area contributed by atoms with Crippen molar-refractivity contribution in [1.82, 2.24) is 15.5 Å². The first kappa shape index (κ1) is 26.3. The van der Waals surface area contributed by atoms with E-state index in [9.17, 15) is 18.0 Å². The number of rotatable bonds is 6. The molecular weight excluding hydrogens is 512 g/mol. The maximum absolute atomic E-state index is 13.4. The highest BCUT2D eigenvalue weighted by Crippen LogP contribution is 2.34. The lowest BCUT2D eigenvalue weighted by Gasteiger charge is -2.20. The molecule has 10 heteroatoms. The van der Waals surface area contributed by atoms with Gasteiger partial charge in [0.1, 0.15) is 5.75 Å². The smallest absolute Gasteiger partial charge is 0.416 e. The van der Waals surface area contributed by atoms with E-state index in [2.05, 4.69) is 15.6 Å². The summed E-state index contributed by atoms with van der Waals surface area (Å²) in [6.07, 6.45) is -3.73. The zero-order valence-electron chi connectivity index (χ0n) is 17.7. The van der Waals surface area contributed by atoms with E-state index in [-0.39, 0.29) is 59.7 Å². The molecule has 0 radical (unpaired) electrons. The first-order valence-corrected chi connectivity index (χ1v) is 9.73. The van der Waals surface area contributed by atoms with Gasteiger partial charge in [-0.3, -0.25) is 4.79 Å². The molecule has 0 spiro atoms. The average Bonchev–Trinajstić information content (AvgIpc) is 3.13. The first-order valence-electron chi connectivity index (χ1n) is 9.73. The summed E-state index contributed by atoms with van der Waals surface area (Å²) in [5.74, 6) is 0.618. The number of benzene rings is 1. The van der Waals surface area contributed by atoms with Crippen LogP contribution in [0, 0.1) is 5.92 Å². The van der Waals surface area contributed by atoms with Gasteiger partial charge in [0, 0.05) is 31.6 Å². The monoisotopic (exact) mass is 542 g/mol. The largest absolute Gasteiger partial charge is 0.497 e. The van der Waals surface area contributed by atoms with Gasteiger partial charge in [-0.15, -0.1) is 24.0 Å². The molecule has 1 amide bonds. The topological polar surface area (TPSA) is 66.0 Å². The molecule has 0 saturated carbocycles. The minimum atomic E-state index is -4.49. The van der Waals surface area contributed by atoms with Crippen LogP contribution in [0.4, 0.5) is 13.2 Å². The number of ether oxygens (including phenoxy) is 1. The maximum Gasteiger partial charge on any atom is 0.416 e. The average molecular weight is 542 g/mol. The number of hydrogen-bond donors (Lipinski definition) is 2. The summed E-state index contributed by atoms with van der Waals surface area (Å²) in [4.78, 5) is 18.3. The Morgan fingerprint density at radius 1 is 1.37 bits per heavy atom. The molecule has 1 aromatic rings. The van der Waals surface area contributed by atoms with Crippen LogP contribution >= 0.6 is 24.0 Å². The van der Waals surface area contributed by atoms with Crippen molar-refractivity contribution in [3.8, 4) is 5.75 Å².